The fourth-order valence-corrected chi connectivity index (χ4v) is 4.37. The van der Waals surface area contributed by atoms with E-state index in [-0.39, 0.29) is 5.82 Å². The Hall–Kier alpha value is -2.12. The molecule has 0 amide bonds. The monoisotopic (exact) mass is 435 g/mol. The standard InChI is InChI=1S/C21H20Cl2FN3O2/c22-14-2-1-13(18(23)9-14)12-26-5-7-27(8-6-26)20(21(28)29)17-11-25-19-10-15(24)3-4-16(17)19/h1-4,9-11,20,25H,5-8,12H2,(H,28,29)/t20-/m0/s1. The summed E-state index contributed by atoms with van der Waals surface area (Å²) in [6.07, 6.45) is 1.67. The van der Waals surface area contributed by atoms with Crippen LogP contribution in [0.15, 0.2) is 42.6 Å². The van der Waals surface area contributed by atoms with Gasteiger partial charge in [0, 0.05) is 65.4 Å². The number of nitrogens with one attached hydrogen (secondary N) is 1. The molecule has 1 atom stereocenters. The summed E-state index contributed by atoms with van der Waals surface area (Å²) in [5, 5.41) is 11.9. The molecule has 2 heterocycles. The van der Waals surface area contributed by atoms with E-state index in [1.165, 1.54) is 12.1 Å². The fourth-order valence-electron chi connectivity index (χ4n) is 3.90. The van der Waals surface area contributed by atoms with Crippen molar-refractivity contribution in [2.24, 2.45) is 0 Å². The number of H-pyrrole nitrogens is 1. The summed E-state index contributed by atoms with van der Waals surface area (Å²) in [7, 11) is 0. The molecule has 0 radical (unpaired) electrons. The lowest BCUT2D eigenvalue weighted by Gasteiger charge is -2.37. The predicted molar refractivity (Wildman–Crippen MR) is 112 cm³/mol. The number of benzene rings is 2. The third-order valence-corrected chi connectivity index (χ3v) is 5.97. The van der Waals surface area contributed by atoms with Gasteiger partial charge in [-0.1, -0.05) is 29.3 Å². The lowest BCUT2D eigenvalue weighted by Crippen LogP contribution is -2.48. The number of hydrogen-bond acceptors (Lipinski definition) is 3. The number of rotatable bonds is 5. The molecule has 2 aromatic carbocycles. The third-order valence-electron chi connectivity index (χ3n) is 5.39. The molecule has 29 heavy (non-hydrogen) atoms. The van der Waals surface area contributed by atoms with Crippen LogP contribution < -0.4 is 0 Å². The zero-order valence-electron chi connectivity index (χ0n) is 15.5. The summed E-state index contributed by atoms with van der Waals surface area (Å²) in [5.41, 5.74) is 2.25. The number of aromatic amines is 1. The largest absolute Gasteiger partial charge is 0.480 e. The molecule has 1 aliphatic heterocycles. The Morgan fingerprint density at radius 3 is 2.59 bits per heavy atom. The van der Waals surface area contributed by atoms with Crippen LogP contribution >= 0.6 is 23.2 Å². The molecular formula is C21H20Cl2FN3O2. The molecule has 0 bridgehead atoms. The molecule has 8 heteroatoms. The maximum absolute atomic E-state index is 13.5. The summed E-state index contributed by atoms with van der Waals surface area (Å²) in [4.78, 5) is 19.3. The molecule has 1 aliphatic rings. The molecule has 1 saturated heterocycles. The summed E-state index contributed by atoms with van der Waals surface area (Å²) >= 11 is 12.2. The highest BCUT2D eigenvalue weighted by atomic mass is 35.5. The zero-order valence-corrected chi connectivity index (χ0v) is 17.0. The number of hydrogen-bond donors (Lipinski definition) is 2. The van der Waals surface area contributed by atoms with Gasteiger partial charge in [0.05, 0.1) is 0 Å². The highest BCUT2D eigenvalue weighted by molar-refractivity contribution is 6.35. The molecule has 0 saturated carbocycles. The summed E-state index contributed by atoms with van der Waals surface area (Å²) < 4.78 is 13.5. The van der Waals surface area contributed by atoms with Gasteiger partial charge in [-0.25, -0.2) is 4.39 Å². The quantitative estimate of drug-likeness (QED) is 0.616. The van der Waals surface area contributed by atoms with Crippen LogP contribution in [-0.2, 0) is 11.3 Å². The Bertz CT molecular complexity index is 1050. The lowest BCUT2D eigenvalue weighted by molar-refractivity contribution is -0.144. The highest BCUT2D eigenvalue weighted by Gasteiger charge is 2.32. The smallest absolute Gasteiger partial charge is 0.325 e. The van der Waals surface area contributed by atoms with E-state index in [4.69, 9.17) is 23.2 Å². The van der Waals surface area contributed by atoms with Crippen LogP contribution in [0.5, 0.6) is 0 Å². The van der Waals surface area contributed by atoms with E-state index in [9.17, 15) is 14.3 Å². The van der Waals surface area contributed by atoms with Crippen LogP contribution in [-0.4, -0.2) is 52.0 Å². The number of aliphatic carboxylic acids is 1. The van der Waals surface area contributed by atoms with Crippen molar-refractivity contribution >= 4 is 40.1 Å². The van der Waals surface area contributed by atoms with Crippen molar-refractivity contribution in [1.29, 1.82) is 0 Å². The first-order valence-corrected chi connectivity index (χ1v) is 10.1. The molecule has 0 spiro atoms. The summed E-state index contributed by atoms with van der Waals surface area (Å²) in [6.45, 7) is 3.35. The van der Waals surface area contributed by atoms with Gasteiger partial charge in [-0.15, -0.1) is 0 Å². The van der Waals surface area contributed by atoms with Crippen molar-refractivity contribution in [1.82, 2.24) is 14.8 Å². The number of nitrogens with zero attached hydrogens (tertiary/aromatic N) is 2. The molecule has 0 unspecified atom stereocenters. The average Bonchev–Trinajstić information content (AvgIpc) is 3.08. The first-order valence-electron chi connectivity index (χ1n) is 9.32. The summed E-state index contributed by atoms with van der Waals surface area (Å²) in [5.74, 6) is -1.27. The molecule has 0 aliphatic carbocycles. The first kappa shape index (κ1) is 20.2. The van der Waals surface area contributed by atoms with Crippen LogP contribution in [0.1, 0.15) is 17.2 Å². The van der Waals surface area contributed by atoms with E-state index in [1.807, 2.05) is 17.0 Å². The van der Waals surface area contributed by atoms with E-state index in [1.54, 1.807) is 18.3 Å². The number of carboxylic acid groups (broad SMARTS) is 1. The minimum atomic E-state index is -0.913. The second kappa shape index (κ2) is 8.32. The number of carboxylic acids is 1. The molecular weight excluding hydrogens is 416 g/mol. The Balaban J connectivity index is 1.48. The number of piperazine rings is 1. The molecule has 3 aromatic rings. The van der Waals surface area contributed by atoms with Gasteiger partial charge >= 0.3 is 5.97 Å². The van der Waals surface area contributed by atoms with Gasteiger partial charge in [-0.2, -0.15) is 0 Å². The van der Waals surface area contributed by atoms with Crippen molar-refractivity contribution in [3.8, 4) is 0 Å². The highest BCUT2D eigenvalue weighted by Crippen LogP contribution is 2.30. The second-order valence-electron chi connectivity index (χ2n) is 7.22. The average molecular weight is 436 g/mol. The number of halogens is 3. The minimum Gasteiger partial charge on any atom is -0.480 e. The van der Waals surface area contributed by atoms with Crippen molar-refractivity contribution in [3.63, 3.8) is 0 Å². The predicted octanol–water partition coefficient (Wildman–Crippen LogP) is 4.56. The Kier molecular flexibility index (Phi) is 5.79. The Morgan fingerprint density at radius 1 is 1.14 bits per heavy atom. The van der Waals surface area contributed by atoms with Gasteiger partial charge < -0.3 is 10.1 Å². The SMILES string of the molecule is O=C(O)[C@H](c1c[nH]c2cc(F)ccc12)N1CCN(Cc2ccc(Cl)cc2Cl)CC1. The maximum atomic E-state index is 13.5. The normalized spacial score (nSPS) is 16.9. The van der Waals surface area contributed by atoms with Crippen LogP contribution in [0.25, 0.3) is 10.9 Å². The van der Waals surface area contributed by atoms with Gasteiger partial charge in [0.15, 0.2) is 0 Å². The van der Waals surface area contributed by atoms with E-state index in [2.05, 4.69) is 9.88 Å². The molecule has 5 nitrogen and oxygen atoms in total. The van der Waals surface area contributed by atoms with Crippen LogP contribution in [0.4, 0.5) is 4.39 Å². The van der Waals surface area contributed by atoms with Crippen LogP contribution in [0.3, 0.4) is 0 Å². The van der Waals surface area contributed by atoms with Gasteiger partial charge in [0.2, 0.25) is 0 Å². The number of carbonyl (C=O) groups is 1. The lowest BCUT2D eigenvalue weighted by atomic mass is 10.0. The van der Waals surface area contributed by atoms with Gasteiger partial charge in [0.1, 0.15) is 11.9 Å². The summed E-state index contributed by atoms with van der Waals surface area (Å²) in [6, 6.07) is 9.05. The topological polar surface area (TPSA) is 59.6 Å². The zero-order chi connectivity index (χ0) is 20.5. The van der Waals surface area contributed by atoms with E-state index < -0.39 is 12.0 Å². The molecule has 4 rings (SSSR count). The van der Waals surface area contributed by atoms with Gasteiger partial charge in [0.25, 0.3) is 0 Å². The van der Waals surface area contributed by atoms with Crippen molar-refractivity contribution in [3.05, 3.63) is 69.6 Å². The minimum absolute atomic E-state index is 0.354. The molecule has 1 fully saturated rings. The molecule has 152 valence electrons. The van der Waals surface area contributed by atoms with Crippen molar-refractivity contribution < 1.29 is 14.3 Å². The second-order valence-corrected chi connectivity index (χ2v) is 8.07. The maximum Gasteiger partial charge on any atom is 0.325 e. The van der Waals surface area contributed by atoms with Crippen molar-refractivity contribution in [2.75, 3.05) is 26.2 Å². The van der Waals surface area contributed by atoms with E-state index >= 15 is 0 Å². The fraction of sp³-hybridized carbons (Fsp3) is 0.286. The number of fused-ring (bicyclic) bond motifs is 1. The van der Waals surface area contributed by atoms with Crippen LogP contribution in [0, 0.1) is 5.82 Å². The number of aromatic nitrogens is 1. The van der Waals surface area contributed by atoms with E-state index in [0.717, 1.165) is 24.0 Å². The van der Waals surface area contributed by atoms with Gasteiger partial charge in [-0.05, 0) is 35.9 Å². The van der Waals surface area contributed by atoms with Crippen LogP contribution in [0.2, 0.25) is 10.0 Å². The van der Waals surface area contributed by atoms with Crippen molar-refractivity contribution in [2.45, 2.75) is 12.6 Å². The van der Waals surface area contributed by atoms with E-state index in [0.29, 0.717) is 40.8 Å². The molecule has 2 N–H and O–H groups in total. The Labute approximate surface area is 177 Å². The molecule has 1 aromatic heterocycles. The van der Waals surface area contributed by atoms with Gasteiger partial charge in [-0.3, -0.25) is 14.6 Å². The first-order chi connectivity index (χ1) is 13.9. The Morgan fingerprint density at radius 2 is 1.90 bits per heavy atom. The third kappa shape index (κ3) is 4.26.